The first kappa shape index (κ1) is 12.5. The average molecular weight is 177 g/mol. The molecule has 0 atom stereocenters. The Labute approximate surface area is 75.0 Å². The number of carbonyl (C=O) groups is 2. The number of ketones is 1. The minimum atomic E-state index is -0.495. The van der Waals surface area contributed by atoms with Crippen LogP contribution in [0.5, 0.6) is 0 Å². The molecule has 0 unspecified atom stereocenters. The zero-order valence-corrected chi connectivity index (χ0v) is 7.57. The molecular formula is C6H9O3Ti-. The van der Waals surface area contributed by atoms with E-state index in [-0.39, 0.29) is 33.9 Å². The first-order valence-electron chi connectivity index (χ1n) is 2.63. The van der Waals surface area contributed by atoms with Crippen LogP contribution in [0.2, 0.25) is 0 Å². The van der Waals surface area contributed by atoms with Gasteiger partial charge in [0.05, 0.1) is 0 Å². The maximum Gasteiger partial charge on any atom is 0.281 e. The molecule has 0 rings (SSSR count). The van der Waals surface area contributed by atoms with Gasteiger partial charge in [0.1, 0.15) is 12.2 Å². The van der Waals surface area contributed by atoms with Gasteiger partial charge in [-0.2, -0.15) is 13.5 Å². The summed E-state index contributed by atoms with van der Waals surface area (Å²) in [6.07, 6.45) is -0.135. The molecule has 0 bridgehead atoms. The largest absolute Gasteiger partial charge is 0.637 e. The number of esters is 1. The van der Waals surface area contributed by atoms with E-state index in [1.807, 2.05) is 0 Å². The third-order valence-corrected chi connectivity index (χ3v) is 0.643. The zero-order valence-electron chi connectivity index (χ0n) is 6.01. The molecule has 0 radical (unpaired) electrons. The van der Waals surface area contributed by atoms with Gasteiger partial charge in [-0.3, -0.25) is 9.59 Å². The van der Waals surface area contributed by atoms with Gasteiger partial charge in [0.15, 0.2) is 0 Å². The standard InChI is InChI=1S/C6H9O3.Ti/c1-3-9-6(8)4-5(2)7;/h3H,4H2,1-2H3;/q-1;. The summed E-state index contributed by atoms with van der Waals surface area (Å²) in [7, 11) is 0. The summed E-state index contributed by atoms with van der Waals surface area (Å²) in [4.78, 5) is 20.6. The van der Waals surface area contributed by atoms with Crippen molar-refractivity contribution in [2.75, 3.05) is 0 Å². The summed E-state index contributed by atoms with van der Waals surface area (Å²) in [6, 6.07) is 0. The van der Waals surface area contributed by atoms with Crippen LogP contribution in [0.4, 0.5) is 0 Å². The van der Waals surface area contributed by atoms with E-state index < -0.39 is 5.97 Å². The molecular weight excluding hydrogens is 168 g/mol. The van der Waals surface area contributed by atoms with Crippen molar-refractivity contribution in [2.45, 2.75) is 20.3 Å². The fourth-order valence-electron chi connectivity index (χ4n) is 0.376. The quantitative estimate of drug-likeness (QED) is 0.275. The van der Waals surface area contributed by atoms with Crippen LogP contribution in [-0.4, -0.2) is 11.8 Å². The number of carbonyl (C=O) groups excluding carboxylic acids is 2. The van der Waals surface area contributed by atoms with Crippen LogP contribution >= 0.6 is 0 Å². The van der Waals surface area contributed by atoms with Gasteiger partial charge in [-0.25, -0.2) is 0 Å². The Bertz CT molecular complexity index is 122. The van der Waals surface area contributed by atoms with Crippen LogP contribution in [0.3, 0.4) is 0 Å². The molecule has 0 N–H and O–H groups in total. The molecule has 0 saturated heterocycles. The third kappa shape index (κ3) is 7.85. The molecule has 0 aliphatic heterocycles. The second-order valence-corrected chi connectivity index (χ2v) is 1.60. The Morgan fingerprint density at radius 1 is 1.50 bits per heavy atom. The predicted molar refractivity (Wildman–Crippen MR) is 31.4 cm³/mol. The van der Waals surface area contributed by atoms with Crippen molar-refractivity contribution in [1.29, 1.82) is 0 Å². The summed E-state index contributed by atoms with van der Waals surface area (Å²) >= 11 is 0. The second kappa shape index (κ2) is 6.97. The summed E-state index contributed by atoms with van der Waals surface area (Å²) in [5.74, 6) is -0.674. The molecule has 0 aliphatic carbocycles. The van der Waals surface area contributed by atoms with Gasteiger partial charge in [-0.1, -0.05) is 0 Å². The summed E-state index contributed by atoms with van der Waals surface area (Å²) in [5.41, 5.74) is 0. The SMILES string of the molecule is C[CH-]OC(=O)CC(C)=O.[Ti]. The molecule has 10 heavy (non-hydrogen) atoms. The van der Waals surface area contributed by atoms with Gasteiger partial charge in [-0.15, -0.1) is 0 Å². The maximum atomic E-state index is 10.4. The van der Waals surface area contributed by atoms with Gasteiger partial charge in [0.25, 0.3) is 5.97 Å². The summed E-state index contributed by atoms with van der Waals surface area (Å²) in [5, 5.41) is 0. The van der Waals surface area contributed by atoms with E-state index in [1.54, 1.807) is 6.92 Å². The molecule has 3 nitrogen and oxygen atoms in total. The second-order valence-electron chi connectivity index (χ2n) is 1.60. The molecule has 0 aliphatic rings. The third-order valence-electron chi connectivity index (χ3n) is 0.643. The molecule has 0 fully saturated rings. The first-order valence-corrected chi connectivity index (χ1v) is 2.63. The number of hydrogen-bond donors (Lipinski definition) is 0. The van der Waals surface area contributed by atoms with E-state index in [0.717, 1.165) is 0 Å². The van der Waals surface area contributed by atoms with Crippen LogP contribution in [0, 0.1) is 6.61 Å². The Morgan fingerprint density at radius 2 is 2.00 bits per heavy atom. The Kier molecular flexibility index (Phi) is 8.73. The Balaban J connectivity index is 0. The minimum absolute atomic E-state index is 0. The molecule has 0 saturated carbocycles. The van der Waals surface area contributed by atoms with Gasteiger partial charge in [-0.05, 0) is 6.92 Å². The molecule has 0 amide bonds. The minimum Gasteiger partial charge on any atom is -0.637 e. The van der Waals surface area contributed by atoms with Crippen molar-refractivity contribution in [1.82, 2.24) is 0 Å². The molecule has 0 heterocycles. The Hall–Kier alpha value is -0.146. The van der Waals surface area contributed by atoms with Gasteiger partial charge in [0, 0.05) is 21.7 Å². The van der Waals surface area contributed by atoms with Crippen LogP contribution in [0.15, 0.2) is 0 Å². The van der Waals surface area contributed by atoms with E-state index >= 15 is 0 Å². The van der Waals surface area contributed by atoms with E-state index in [1.165, 1.54) is 13.5 Å². The van der Waals surface area contributed by atoms with Crippen molar-refractivity contribution in [2.24, 2.45) is 0 Å². The van der Waals surface area contributed by atoms with E-state index in [9.17, 15) is 9.59 Å². The number of rotatable bonds is 3. The maximum absolute atomic E-state index is 10.4. The van der Waals surface area contributed by atoms with Gasteiger partial charge in [0.2, 0.25) is 0 Å². The van der Waals surface area contributed by atoms with Crippen LogP contribution in [-0.2, 0) is 36.0 Å². The average Bonchev–Trinajstić information content (AvgIpc) is 1.63. The van der Waals surface area contributed by atoms with Crippen LogP contribution in [0.25, 0.3) is 0 Å². The normalized spacial score (nSPS) is 7.80. The summed E-state index contributed by atoms with van der Waals surface area (Å²) < 4.78 is 4.37. The molecule has 0 aromatic heterocycles. The molecule has 0 spiro atoms. The molecule has 56 valence electrons. The fourth-order valence-corrected chi connectivity index (χ4v) is 0.376. The first-order chi connectivity index (χ1) is 4.16. The molecule has 0 aromatic carbocycles. The van der Waals surface area contributed by atoms with E-state index in [4.69, 9.17) is 0 Å². The van der Waals surface area contributed by atoms with Crippen molar-refractivity contribution < 1.29 is 36.0 Å². The smallest absolute Gasteiger partial charge is 0.281 e. The summed E-state index contributed by atoms with van der Waals surface area (Å²) in [6.45, 7) is 4.18. The number of Topliss-reactive ketones (excluding diaryl/α,β-unsaturated/α-hetero) is 1. The van der Waals surface area contributed by atoms with E-state index in [2.05, 4.69) is 4.74 Å². The predicted octanol–water partition coefficient (Wildman–Crippen LogP) is 0.688. The van der Waals surface area contributed by atoms with Gasteiger partial charge < -0.3 is 4.74 Å². The fraction of sp³-hybridized carbons (Fsp3) is 0.500. The van der Waals surface area contributed by atoms with E-state index in [0.29, 0.717) is 0 Å². The Morgan fingerprint density at radius 3 is 2.30 bits per heavy atom. The molecule has 0 aromatic rings. The van der Waals surface area contributed by atoms with Crippen molar-refractivity contribution in [3.63, 3.8) is 0 Å². The van der Waals surface area contributed by atoms with Crippen molar-refractivity contribution in [3.05, 3.63) is 6.61 Å². The van der Waals surface area contributed by atoms with Crippen LogP contribution in [0.1, 0.15) is 20.3 Å². The monoisotopic (exact) mass is 177 g/mol. The topological polar surface area (TPSA) is 43.4 Å². The van der Waals surface area contributed by atoms with Crippen LogP contribution < -0.4 is 0 Å². The van der Waals surface area contributed by atoms with Crippen molar-refractivity contribution >= 4 is 11.8 Å². The number of hydrogen-bond acceptors (Lipinski definition) is 3. The zero-order chi connectivity index (χ0) is 7.28. The van der Waals surface area contributed by atoms with Gasteiger partial charge >= 0.3 is 0 Å². The number of ether oxygens (including phenoxy) is 1. The van der Waals surface area contributed by atoms with Crippen molar-refractivity contribution in [3.8, 4) is 0 Å². The molecule has 4 heteroatoms.